The van der Waals surface area contributed by atoms with E-state index in [1.54, 1.807) is 0 Å². The van der Waals surface area contributed by atoms with Crippen molar-refractivity contribution in [3.63, 3.8) is 0 Å². The zero-order valence-corrected chi connectivity index (χ0v) is 11.6. The Morgan fingerprint density at radius 3 is 3.05 bits per heavy atom. The van der Waals surface area contributed by atoms with Crippen LogP contribution in [-0.4, -0.2) is 30.6 Å². The quantitative estimate of drug-likeness (QED) is 0.841. The van der Waals surface area contributed by atoms with E-state index in [4.69, 9.17) is 10.5 Å². The summed E-state index contributed by atoms with van der Waals surface area (Å²) in [5.74, 6) is 0.744. The number of aromatic nitrogens is 1. The van der Waals surface area contributed by atoms with Crippen molar-refractivity contribution in [1.82, 2.24) is 4.98 Å². The number of piperidine rings is 1. The zero-order valence-electron chi connectivity index (χ0n) is 11.6. The van der Waals surface area contributed by atoms with Gasteiger partial charge in [0.1, 0.15) is 5.82 Å². The van der Waals surface area contributed by atoms with Crippen molar-refractivity contribution in [2.24, 2.45) is 5.92 Å². The first kappa shape index (κ1) is 13.6. The summed E-state index contributed by atoms with van der Waals surface area (Å²) < 4.78 is 5.10. The second-order valence-corrected chi connectivity index (χ2v) is 4.88. The number of carbonyl (C=O) groups is 1. The van der Waals surface area contributed by atoms with E-state index in [0.29, 0.717) is 18.8 Å². The molecule has 1 saturated heterocycles. The molecule has 0 amide bonds. The van der Waals surface area contributed by atoms with Crippen LogP contribution in [0.2, 0.25) is 0 Å². The Labute approximate surface area is 113 Å². The Balaban J connectivity index is 2.08. The molecule has 1 atom stereocenters. The molecular formula is C14H21N3O2. The molecule has 5 heteroatoms. The summed E-state index contributed by atoms with van der Waals surface area (Å²) in [7, 11) is 0. The molecule has 0 aromatic carbocycles. The van der Waals surface area contributed by atoms with Gasteiger partial charge in [-0.05, 0) is 38.8 Å². The number of hydrogen-bond donors (Lipinski definition) is 1. The Kier molecular flexibility index (Phi) is 4.24. The van der Waals surface area contributed by atoms with E-state index in [1.807, 2.05) is 26.0 Å². The van der Waals surface area contributed by atoms with Crippen LogP contribution in [-0.2, 0) is 9.53 Å². The van der Waals surface area contributed by atoms with Crippen LogP contribution in [0.4, 0.5) is 11.5 Å². The zero-order chi connectivity index (χ0) is 13.8. The predicted molar refractivity (Wildman–Crippen MR) is 75.0 cm³/mol. The van der Waals surface area contributed by atoms with Crippen LogP contribution in [0.15, 0.2) is 12.1 Å². The predicted octanol–water partition coefficient (Wildman–Crippen LogP) is 1.75. The van der Waals surface area contributed by atoms with Crippen LogP contribution in [0.25, 0.3) is 0 Å². The van der Waals surface area contributed by atoms with Crippen LogP contribution in [0, 0.1) is 12.8 Å². The SMILES string of the molecule is CCOC(=O)C1CCCN(c2ccc(N)c(C)n2)C1. The third-order valence-corrected chi connectivity index (χ3v) is 3.48. The summed E-state index contributed by atoms with van der Waals surface area (Å²) in [6.07, 6.45) is 1.87. The Bertz CT molecular complexity index is 462. The molecule has 0 spiro atoms. The van der Waals surface area contributed by atoms with Gasteiger partial charge < -0.3 is 15.4 Å². The number of nitrogen functional groups attached to an aromatic ring is 1. The topological polar surface area (TPSA) is 68.5 Å². The van der Waals surface area contributed by atoms with Crippen LogP contribution in [0.3, 0.4) is 0 Å². The largest absolute Gasteiger partial charge is 0.466 e. The first-order chi connectivity index (χ1) is 9.11. The van der Waals surface area contributed by atoms with Crippen molar-refractivity contribution >= 4 is 17.5 Å². The number of carbonyl (C=O) groups excluding carboxylic acids is 1. The number of anilines is 2. The lowest BCUT2D eigenvalue weighted by Crippen LogP contribution is -2.39. The maximum atomic E-state index is 11.8. The van der Waals surface area contributed by atoms with E-state index in [0.717, 1.165) is 30.9 Å². The van der Waals surface area contributed by atoms with Gasteiger partial charge in [0.25, 0.3) is 0 Å². The highest BCUT2D eigenvalue weighted by Gasteiger charge is 2.27. The third-order valence-electron chi connectivity index (χ3n) is 3.48. The molecule has 0 saturated carbocycles. The minimum absolute atomic E-state index is 0.0478. The molecule has 1 fully saturated rings. The smallest absolute Gasteiger partial charge is 0.310 e. The van der Waals surface area contributed by atoms with Crippen molar-refractivity contribution in [3.8, 4) is 0 Å². The van der Waals surface area contributed by atoms with Crippen molar-refractivity contribution in [2.75, 3.05) is 30.3 Å². The maximum absolute atomic E-state index is 11.8. The molecule has 2 rings (SSSR count). The highest BCUT2D eigenvalue weighted by molar-refractivity contribution is 5.73. The van der Waals surface area contributed by atoms with Gasteiger partial charge in [-0.25, -0.2) is 4.98 Å². The molecule has 2 N–H and O–H groups in total. The third kappa shape index (κ3) is 3.16. The van der Waals surface area contributed by atoms with E-state index in [-0.39, 0.29) is 11.9 Å². The second kappa shape index (κ2) is 5.91. The Morgan fingerprint density at radius 2 is 2.37 bits per heavy atom. The summed E-state index contributed by atoms with van der Waals surface area (Å²) >= 11 is 0. The number of hydrogen-bond acceptors (Lipinski definition) is 5. The fraction of sp³-hybridized carbons (Fsp3) is 0.571. The van der Waals surface area contributed by atoms with Crippen molar-refractivity contribution in [2.45, 2.75) is 26.7 Å². The Morgan fingerprint density at radius 1 is 1.58 bits per heavy atom. The van der Waals surface area contributed by atoms with E-state index >= 15 is 0 Å². The van der Waals surface area contributed by atoms with Gasteiger partial charge in [-0.15, -0.1) is 0 Å². The number of aryl methyl sites for hydroxylation is 1. The van der Waals surface area contributed by atoms with Crippen LogP contribution in [0.1, 0.15) is 25.5 Å². The second-order valence-electron chi connectivity index (χ2n) is 4.88. The summed E-state index contributed by atoms with van der Waals surface area (Å²) in [6.45, 7) is 5.77. The molecule has 2 heterocycles. The van der Waals surface area contributed by atoms with Crippen molar-refractivity contribution in [1.29, 1.82) is 0 Å². The van der Waals surface area contributed by atoms with Crippen molar-refractivity contribution in [3.05, 3.63) is 17.8 Å². The molecule has 1 aliphatic heterocycles. The van der Waals surface area contributed by atoms with Gasteiger partial charge in [-0.3, -0.25) is 4.79 Å². The highest BCUT2D eigenvalue weighted by Crippen LogP contribution is 2.24. The van der Waals surface area contributed by atoms with Crippen LogP contribution >= 0.6 is 0 Å². The number of ether oxygens (including phenoxy) is 1. The van der Waals surface area contributed by atoms with Gasteiger partial charge in [0, 0.05) is 13.1 Å². The maximum Gasteiger partial charge on any atom is 0.310 e. The Hall–Kier alpha value is -1.78. The van der Waals surface area contributed by atoms with E-state index in [2.05, 4.69) is 9.88 Å². The minimum Gasteiger partial charge on any atom is -0.466 e. The van der Waals surface area contributed by atoms with E-state index in [9.17, 15) is 4.79 Å². The number of nitrogens with zero attached hydrogens (tertiary/aromatic N) is 2. The molecule has 1 unspecified atom stereocenters. The molecule has 1 aromatic rings. The van der Waals surface area contributed by atoms with Crippen LogP contribution in [0.5, 0.6) is 0 Å². The standard InChI is InChI=1S/C14H21N3O2/c1-3-19-14(18)11-5-4-8-17(9-11)13-7-6-12(15)10(2)16-13/h6-7,11H,3-5,8-9,15H2,1-2H3. The van der Waals surface area contributed by atoms with Gasteiger partial charge in [-0.1, -0.05) is 0 Å². The summed E-state index contributed by atoms with van der Waals surface area (Å²) in [5.41, 5.74) is 7.30. The molecule has 1 aliphatic rings. The molecule has 0 bridgehead atoms. The van der Waals surface area contributed by atoms with Gasteiger partial charge >= 0.3 is 5.97 Å². The number of nitrogens with two attached hydrogens (primary N) is 1. The lowest BCUT2D eigenvalue weighted by atomic mass is 9.98. The number of rotatable bonds is 3. The minimum atomic E-state index is -0.0978. The molecular weight excluding hydrogens is 242 g/mol. The van der Waals surface area contributed by atoms with Crippen molar-refractivity contribution < 1.29 is 9.53 Å². The number of esters is 1. The lowest BCUT2D eigenvalue weighted by molar-refractivity contribution is -0.148. The summed E-state index contributed by atoms with van der Waals surface area (Å²) in [4.78, 5) is 18.4. The first-order valence-corrected chi connectivity index (χ1v) is 6.76. The van der Waals surface area contributed by atoms with E-state index in [1.165, 1.54) is 0 Å². The summed E-state index contributed by atoms with van der Waals surface area (Å²) in [6, 6.07) is 3.78. The normalized spacial score (nSPS) is 19.3. The van der Waals surface area contributed by atoms with Gasteiger partial charge in [-0.2, -0.15) is 0 Å². The summed E-state index contributed by atoms with van der Waals surface area (Å²) in [5, 5.41) is 0. The number of pyridine rings is 1. The average Bonchev–Trinajstić information content (AvgIpc) is 2.42. The van der Waals surface area contributed by atoms with Gasteiger partial charge in [0.2, 0.25) is 0 Å². The first-order valence-electron chi connectivity index (χ1n) is 6.76. The molecule has 0 radical (unpaired) electrons. The molecule has 1 aromatic heterocycles. The molecule has 104 valence electrons. The molecule has 19 heavy (non-hydrogen) atoms. The average molecular weight is 263 g/mol. The van der Waals surface area contributed by atoms with Crippen LogP contribution < -0.4 is 10.6 Å². The highest BCUT2D eigenvalue weighted by atomic mass is 16.5. The van der Waals surface area contributed by atoms with Gasteiger partial charge in [0.05, 0.1) is 23.9 Å². The molecule has 0 aliphatic carbocycles. The molecule has 5 nitrogen and oxygen atoms in total. The van der Waals surface area contributed by atoms with E-state index < -0.39 is 0 Å². The fourth-order valence-electron chi connectivity index (χ4n) is 2.37. The van der Waals surface area contributed by atoms with Gasteiger partial charge in [0.15, 0.2) is 0 Å². The monoisotopic (exact) mass is 263 g/mol. The lowest BCUT2D eigenvalue weighted by Gasteiger charge is -2.32. The fourth-order valence-corrected chi connectivity index (χ4v) is 2.37.